The highest BCUT2D eigenvalue weighted by atomic mass is 79.9. The van der Waals surface area contributed by atoms with Crippen LogP contribution in [0, 0.1) is 26.2 Å². The van der Waals surface area contributed by atoms with Crippen LogP contribution in [0.1, 0.15) is 17.0 Å². The Balaban J connectivity index is 2.01. The Morgan fingerprint density at radius 2 is 2.04 bits per heavy atom. The van der Waals surface area contributed by atoms with Crippen molar-refractivity contribution >= 4 is 56.5 Å². The molecule has 0 atom stereocenters. The van der Waals surface area contributed by atoms with Crippen molar-refractivity contribution in [3.8, 4) is 18.0 Å². The number of aryl methyl sites for hydroxylation is 1. The monoisotopic (exact) mass is 448 g/mol. The maximum Gasteiger partial charge on any atom is 0.294 e. The molecule has 0 bridgehead atoms. The lowest BCUT2D eigenvalue weighted by atomic mass is 10.2. The van der Waals surface area contributed by atoms with Gasteiger partial charge in [0, 0.05) is 21.5 Å². The fraction of sp³-hybridized carbons (Fsp3) is 0.158. The van der Waals surface area contributed by atoms with Crippen molar-refractivity contribution in [3.63, 3.8) is 0 Å². The predicted molar refractivity (Wildman–Crippen MR) is 109 cm³/mol. The summed E-state index contributed by atoms with van der Waals surface area (Å²) in [6, 6.07) is 7.69. The number of terminal acetylenes is 1. The lowest BCUT2D eigenvalue weighted by Gasteiger charge is -2.11. The molecule has 0 unspecified atom stereocenters. The van der Waals surface area contributed by atoms with Gasteiger partial charge in [-0.05, 0) is 77.4 Å². The van der Waals surface area contributed by atoms with Gasteiger partial charge in [-0.25, -0.2) is 0 Å². The molecule has 4 nitrogen and oxygen atoms in total. The normalized spacial score (nSPS) is 15.8. The van der Waals surface area contributed by atoms with Gasteiger partial charge in [-0.2, -0.15) is 0 Å². The van der Waals surface area contributed by atoms with E-state index < -0.39 is 0 Å². The van der Waals surface area contributed by atoms with Crippen molar-refractivity contribution in [1.29, 1.82) is 0 Å². The molecular formula is C19H14BrClN2O2S. The molecule has 132 valence electrons. The lowest BCUT2D eigenvalue weighted by Crippen LogP contribution is -2.28. The smallest absolute Gasteiger partial charge is 0.294 e. The maximum atomic E-state index is 12.4. The first kappa shape index (κ1) is 18.8. The summed E-state index contributed by atoms with van der Waals surface area (Å²) in [4.78, 5) is 25.7. The number of carbonyl (C=O) groups excluding carboxylic acids is 2. The van der Waals surface area contributed by atoms with E-state index >= 15 is 0 Å². The zero-order chi connectivity index (χ0) is 19.0. The van der Waals surface area contributed by atoms with Crippen LogP contribution in [0.25, 0.3) is 11.8 Å². The summed E-state index contributed by atoms with van der Waals surface area (Å²) < 4.78 is 2.88. The van der Waals surface area contributed by atoms with Crippen LogP contribution < -0.4 is 0 Å². The van der Waals surface area contributed by atoms with Crippen LogP contribution in [0.5, 0.6) is 0 Å². The van der Waals surface area contributed by atoms with Gasteiger partial charge in [0.2, 0.25) is 0 Å². The molecule has 1 fully saturated rings. The highest BCUT2D eigenvalue weighted by Crippen LogP contribution is 2.34. The summed E-state index contributed by atoms with van der Waals surface area (Å²) >= 11 is 10.5. The maximum absolute atomic E-state index is 12.4. The lowest BCUT2D eigenvalue weighted by molar-refractivity contribution is -0.122. The second-order valence-corrected chi connectivity index (χ2v) is 7.99. The number of benzene rings is 1. The van der Waals surface area contributed by atoms with E-state index in [1.54, 1.807) is 6.08 Å². The molecule has 1 aromatic heterocycles. The minimum atomic E-state index is -0.352. The number of aromatic nitrogens is 1. The number of hydrogen-bond donors (Lipinski definition) is 0. The van der Waals surface area contributed by atoms with Gasteiger partial charge < -0.3 is 4.57 Å². The van der Waals surface area contributed by atoms with E-state index in [0.29, 0.717) is 9.93 Å². The zero-order valence-corrected chi connectivity index (χ0v) is 17.2. The molecule has 0 spiro atoms. The van der Waals surface area contributed by atoms with Crippen LogP contribution in [-0.4, -0.2) is 27.2 Å². The summed E-state index contributed by atoms with van der Waals surface area (Å²) in [5.41, 5.74) is 3.74. The molecule has 0 aliphatic carbocycles. The van der Waals surface area contributed by atoms with E-state index in [1.807, 2.05) is 38.1 Å². The molecular weight excluding hydrogens is 436 g/mol. The fourth-order valence-electron chi connectivity index (χ4n) is 2.82. The van der Waals surface area contributed by atoms with Crippen molar-refractivity contribution in [2.75, 3.05) is 6.54 Å². The average Bonchev–Trinajstić information content (AvgIpc) is 3.01. The van der Waals surface area contributed by atoms with Gasteiger partial charge >= 0.3 is 0 Å². The Kier molecular flexibility index (Phi) is 5.33. The molecule has 1 saturated heterocycles. The third kappa shape index (κ3) is 3.35. The molecule has 3 rings (SSSR count). The van der Waals surface area contributed by atoms with E-state index in [9.17, 15) is 9.59 Å². The second kappa shape index (κ2) is 7.36. The Morgan fingerprint density at radius 1 is 1.31 bits per heavy atom. The van der Waals surface area contributed by atoms with Crippen molar-refractivity contribution in [3.05, 3.63) is 55.6 Å². The first-order valence-electron chi connectivity index (χ1n) is 7.66. The number of carbonyl (C=O) groups is 2. The van der Waals surface area contributed by atoms with Crippen LogP contribution in [0.4, 0.5) is 4.79 Å². The molecule has 1 aliphatic rings. The molecule has 2 amide bonds. The number of amides is 2. The van der Waals surface area contributed by atoms with Crippen molar-refractivity contribution in [2.45, 2.75) is 13.8 Å². The molecule has 1 aromatic carbocycles. The first-order valence-corrected chi connectivity index (χ1v) is 9.65. The summed E-state index contributed by atoms with van der Waals surface area (Å²) in [7, 11) is 0. The SMILES string of the molecule is C#CCN1C(=O)S/C(=C/c2cc(C)n(-c3ccc(Br)c(Cl)c3)c2C)C1=O. The summed E-state index contributed by atoms with van der Waals surface area (Å²) in [5.74, 6) is 1.98. The molecule has 0 radical (unpaired) electrons. The van der Waals surface area contributed by atoms with Gasteiger partial charge in [-0.3, -0.25) is 14.5 Å². The summed E-state index contributed by atoms with van der Waals surface area (Å²) in [6.45, 7) is 3.92. The van der Waals surface area contributed by atoms with Crippen LogP contribution in [0.3, 0.4) is 0 Å². The molecule has 0 N–H and O–H groups in total. The van der Waals surface area contributed by atoms with E-state index in [-0.39, 0.29) is 17.7 Å². The highest BCUT2D eigenvalue weighted by Gasteiger charge is 2.34. The highest BCUT2D eigenvalue weighted by molar-refractivity contribution is 9.10. The van der Waals surface area contributed by atoms with Crippen molar-refractivity contribution in [2.24, 2.45) is 0 Å². The molecule has 2 aromatic rings. The van der Waals surface area contributed by atoms with Crippen molar-refractivity contribution in [1.82, 2.24) is 9.47 Å². The molecule has 0 saturated carbocycles. The Hall–Kier alpha value is -1.94. The van der Waals surface area contributed by atoms with E-state index in [2.05, 4.69) is 26.4 Å². The Labute approximate surface area is 169 Å². The van der Waals surface area contributed by atoms with Crippen LogP contribution >= 0.6 is 39.3 Å². The van der Waals surface area contributed by atoms with Gasteiger partial charge in [-0.15, -0.1) is 6.42 Å². The van der Waals surface area contributed by atoms with Gasteiger partial charge in [0.1, 0.15) is 0 Å². The van der Waals surface area contributed by atoms with Gasteiger partial charge in [0.25, 0.3) is 11.1 Å². The molecule has 2 heterocycles. The quantitative estimate of drug-likeness (QED) is 0.479. The minimum Gasteiger partial charge on any atom is -0.318 e. The zero-order valence-electron chi connectivity index (χ0n) is 14.0. The van der Waals surface area contributed by atoms with Gasteiger partial charge in [-0.1, -0.05) is 17.5 Å². The van der Waals surface area contributed by atoms with Gasteiger partial charge in [0.05, 0.1) is 16.5 Å². The van der Waals surface area contributed by atoms with E-state index in [1.165, 1.54) is 0 Å². The summed E-state index contributed by atoms with van der Waals surface area (Å²) in [6.07, 6.45) is 6.96. The molecule has 1 aliphatic heterocycles. The third-order valence-electron chi connectivity index (χ3n) is 4.04. The van der Waals surface area contributed by atoms with Gasteiger partial charge in [0.15, 0.2) is 0 Å². The summed E-state index contributed by atoms with van der Waals surface area (Å²) in [5, 5.41) is 0.277. The predicted octanol–water partition coefficient (Wildman–Crippen LogP) is 5.18. The van der Waals surface area contributed by atoms with Crippen LogP contribution in [-0.2, 0) is 4.79 Å². The largest absolute Gasteiger partial charge is 0.318 e. The number of hydrogen-bond acceptors (Lipinski definition) is 3. The molecule has 26 heavy (non-hydrogen) atoms. The van der Waals surface area contributed by atoms with Crippen LogP contribution in [0.2, 0.25) is 5.02 Å². The fourth-order valence-corrected chi connectivity index (χ4v) is 4.07. The third-order valence-corrected chi connectivity index (χ3v) is 6.18. The number of thioether (sulfide) groups is 1. The minimum absolute atomic E-state index is 0.0155. The standard InChI is InChI=1S/C19H14BrClN2O2S/c1-4-7-22-18(24)17(26-19(22)25)9-13-8-11(2)23(12(13)3)14-5-6-15(20)16(21)10-14/h1,5-6,8-10H,7H2,2-3H3/b17-9+. The van der Waals surface area contributed by atoms with E-state index in [4.69, 9.17) is 18.0 Å². The second-order valence-electron chi connectivity index (χ2n) is 5.73. The average molecular weight is 450 g/mol. The number of halogens is 2. The number of nitrogens with zero attached hydrogens (tertiary/aromatic N) is 2. The molecule has 7 heteroatoms. The number of rotatable bonds is 3. The Bertz CT molecular complexity index is 1000. The van der Waals surface area contributed by atoms with Crippen molar-refractivity contribution < 1.29 is 9.59 Å². The topological polar surface area (TPSA) is 42.3 Å². The van der Waals surface area contributed by atoms with Crippen LogP contribution in [0.15, 0.2) is 33.6 Å². The first-order chi connectivity index (χ1) is 12.3. The Morgan fingerprint density at radius 3 is 2.69 bits per heavy atom. The van der Waals surface area contributed by atoms with E-state index in [0.717, 1.165) is 43.8 Å². The number of imide groups is 1.